The van der Waals surface area contributed by atoms with E-state index in [2.05, 4.69) is 24.0 Å². The monoisotopic (exact) mass is 266 g/mol. The highest BCUT2D eigenvalue weighted by Gasteiger charge is 2.41. The van der Waals surface area contributed by atoms with Crippen LogP contribution < -0.4 is 5.73 Å². The fraction of sp³-hybridized carbons (Fsp3) is 0.714. The van der Waals surface area contributed by atoms with Gasteiger partial charge in [0.2, 0.25) is 0 Å². The summed E-state index contributed by atoms with van der Waals surface area (Å²) in [7, 11) is 0. The molecule has 1 saturated carbocycles. The van der Waals surface area contributed by atoms with Crippen molar-refractivity contribution in [2.75, 3.05) is 19.7 Å². The molecule has 0 amide bonds. The largest absolute Gasteiger partial charge is 0.374 e. The molecule has 0 spiro atoms. The molecular weight excluding hydrogens is 244 g/mol. The average Bonchev–Trinajstić information content (AvgIpc) is 3.15. The predicted molar refractivity (Wildman–Crippen MR) is 75.0 cm³/mol. The van der Waals surface area contributed by atoms with Gasteiger partial charge in [-0.25, -0.2) is 0 Å². The van der Waals surface area contributed by atoms with E-state index in [1.54, 1.807) is 0 Å². The Kier molecular flexibility index (Phi) is 3.71. The number of thiophene rings is 1. The average molecular weight is 266 g/mol. The summed E-state index contributed by atoms with van der Waals surface area (Å²) in [5, 5.41) is 0. The van der Waals surface area contributed by atoms with Crippen molar-refractivity contribution in [1.82, 2.24) is 4.90 Å². The number of nitrogens with two attached hydrogens (primary N) is 1. The molecule has 1 saturated heterocycles. The van der Waals surface area contributed by atoms with Gasteiger partial charge in [0.1, 0.15) is 0 Å². The van der Waals surface area contributed by atoms with E-state index < -0.39 is 0 Å². The minimum Gasteiger partial charge on any atom is -0.374 e. The summed E-state index contributed by atoms with van der Waals surface area (Å²) in [4.78, 5) is 5.53. The third kappa shape index (κ3) is 2.35. The van der Waals surface area contributed by atoms with Crippen LogP contribution in [0.15, 0.2) is 12.1 Å². The van der Waals surface area contributed by atoms with Crippen molar-refractivity contribution in [2.45, 2.75) is 44.4 Å². The summed E-state index contributed by atoms with van der Waals surface area (Å²) >= 11 is 1.93. The molecule has 3 rings (SSSR count). The van der Waals surface area contributed by atoms with Crippen LogP contribution in [-0.4, -0.2) is 36.7 Å². The Morgan fingerprint density at radius 2 is 2.28 bits per heavy atom. The minimum atomic E-state index is 0.169. The molecule has 3 nitrogen and oxygen atoms in total. The molecule has 1 aliphatic carbocycles. The SMILES string of the molecule is CCc1ccc(C2C(CN)OCCN2C2CC2)s1. The molecule has 2 unspecified atom stereocenters. The van der Waals surface area contributed by atoms with Gasteiger partial charge in [0.15, 0.2) is 0 Å². The van der Waals surface area contributed by atoms with Gasteiger partial charge >= 0.3 is 0 Å². The van der Waals surface area contributed by atoms with Crippen LogP contribution in [0.5, 0.6) is 0 Å². The molecule has 2 heterocycles. The normalized spacial score (nSPS) is 29.7. The standard InChI is InChI=1S/C14H22N2OS/c1-2-11-5-6-13(18-11)14-12(9-15)17-8-7-16(14)10-3-4-10/h5-6,10,12,14H,2-4,7-9,15H2,1H3. The number of hydrogen-bond donors (Lipinski definition) is 1. The molecule has 4 heteroatoms. The highest BCUT2D eigenvalue weighted by Crippen LogP contribution is 2.40. The van der Waals surface area contributed by atoms with E-state index >= 15 is 0 Å². The molecule has 2 N–H and O–H groups in total. The van der Waals surface area contributed by atoms with E-state index in [-0.39, 0.29) is 6.10 Å². The summed E-state index contributed by atoms with van der Waals surface area (Å²) in [5.74, 6) is 0. The fourth-order valence-corrected chi connectivity index (χ4v) is 3.98. The van der Waals surface area contributed by atoms with Gasteiger partial charge < -0.3 is 10.5 Å². The zero-order valence-corrected chi connectivity index (χ0v) is 11.8. The second-order valence-corrected chi connectivity index (χ2v) is 6.42. The van der Waals surface area contributed by atoms with Gasteiger partial charge in [-0.15, -0.1) is 11.3 Å². The highest BCUT2D eigenvalue weighted by atomic mass is 32.1. The lowest BCUT2D eigenvalue weighted by Gasteiger charge is -2.40. The zero-order valence-electron chi connectivity index (χ0n) is 11.0. The summed E-state index contributed by atoms with van der Waals surface area (Å²) in [6, 6.07) is 5.70. The Hall–Kier alpha value is -0.420. The van der Waals surface area contributed by atoms with Crippen LogP contribution in [0.25, 0.3) is 0 Å². The first-order valence-electron chi connectivity index (χ1n) is 6.99. The van der Waals surface area contributed by atoms with Crippen LogP contribution in [0.2, 0.25) is 0 Å². The highest BCUT2D eigenvalue weighted by molar-refractivity contribution is 7.12. The van der Waals surface area contributed by atoms with E-state index in [4.69, 9.17) is 10.5 Å². The third-order valence-corrected chi connectivity index (χ3v) is 5.26. The number of ether oxygens (including phenoxy) is 1. The van der Waals surface area contributed by atoms with Crippen molar-refractivity contribution in [3.8, 4) is 0 Å². The maximum Gasteiger partial charge on any atom is 0.0902 e. The van der Waals surface area contributed by atoms with E-state index in [0.29, 0.717) is 12.6 Å². The van der Waals surface area contributed by atoms with Gasteiger partial charge in [-0.05, 0) is 31.4 Å². The summed E-state index contributed by atoms with van der Waals surface area (Å²) in [5.41, 5.74) is 5.91. The van der Waals surface area contributed by atoms with Crippen LogP contribution in [0, 0.1) is 0 Å². The molecule has 2 atom stereocenters. The smallest absolute Gasteiger partial charge is 0.0902 e. The van der Waals surface area contributed by atoms with E-state index in [1.165, 1.54) is 22.6 Å². The Balaban J connectivity index is 1.86. The second-order valence-electron chi connectivity index (χ2n) is 5.22. The van der Waals surface area contributed by atoms with Crippen molar-refractivity contribution in [1.29, 1.82) is 0 Å². The Morgan fingerprint density at radius 1 is 1.44 bits per heavy atom. The molecule has 1 aliphatic heterocycles. The van der Waals surface area contributed by atoms with Crippen molar-refractivity contribution in [3.05, 3.63) is 21.9 Å². The van der Waals surface area contributed by atoms with E-state index in [9.17, 15) is 0 Å². The number of hydrogen-bond acceptors (Lipinski definition) is 4. The number of aryl methyl sites for hydroxylation is 1. The molecule has 2 aliphatic rings. The summed E-state index contributed by atoms with van der Waals surface area (Å²) in [6.45, 7) is 4.73. The number of rotatable bonds is 4. The van der Waals surface area contributed by atoms with E-state index in [1.807, 2.05) is 11.3 Å². The van der Waals surface area contributed by atoms with Crippen molar-refractivity contribution in [2.24, 2.45) is 5.73 Å². The van der Waals surface area contributed by atoms with Gasteiger partial charge in [-0.2, -0.15) is 0 Å². The lowest BCUT2D eigenvalue weighted by Crippen LogP contribution is -2.48. The van der Waals surface area contributed by atoms with Crippen LogP contribution in [0.3, 0.4) is 0 Å². The molecule has 0 radical (unpaired) electrons. The lowest BCUT2D eigenvalue weighted by atomic mass is 10.0. The quantitative estimate of drug-likeness (QED) is 0.908. The topological polar surface area (TPSA) is 38.5 Å². The summed E-state index contributed by atoms with van der Waals surface area (Å²) < 4.78 is 5.89. The van der Waals surface area contributed by atoms with Gasteiger partial charge in [-0.3, -0.25) is 4.90 Å². The van der Waals surface area contributed by atoms with E-state index in [0.717, 1.165) is 25.6 Å². The Bertz CT molecular complexity index is 402. The zero-order chi connectivity index (χ0) is 12.5. The van der Waals surface area contributed by atoms with Crippen molar-refractivity contribution in [3.63, 3.8) is 0 Å². The molecule has 0 bridgehead atoms. The van der Waals surface area contributed by atoms with Crippen molar-refractivity contribution < 1.29 is 4.74 Å². The molecule has 0 aromatic carbocycles. The van der Waals surface area contributed by atoms with Gasteiger partial charge in [0.05, 0.1) is 18.8 Å². The predicted octanol–water partition coefficient (Wildman–Crippen LogP) is 2.17. The lowest BCUT2D eigenvalue weighted by molar-refractivity contribution is -0.0700. The molecule has 18 heavy (non-hydrogen) atoms. The third-order valence-electron chi connectivity index (χ3n) is 3.96. The fourth-order valence-electron chi connectivity index (χ4n) is 2.86. The Morgan fingerprint density at radius 3 is 2.89 bits per heavy atom. The Labute approximate surface area is 113 Å². The molecular formula is C14H22N2OS. The van der Waals surface area contributed by atoms with Crippen molar-refractivity contribution >= 4 is 11.3 Å². The molecule has 1 aromatic rings. The van der Waals surface area contributed by atoms with Crippen LogP contribution in [0.1, 0.15) is 35.6 Å². The molecule has 1 aromatic heterocycles. The summed E-state index contributed by atoms with van der Waals surface area (Å²) in [6.07, 6.45) is 3.98. The first-order valence-corrected chi connectivity index (χ1v) is 7.81. The van der Waals surface area contributed by atoms with Crippen LogP contribution in [0.4, 0.5) is 0 Å². The van der Waals surface area contributed by atoms with Crippen LogP contribution >= 0.6 is 11.3 Å². The van der Waals surface area contributed by atoms with Gasteiger partial charge in [0.25, 0.3) is 0 Å². The minimum absolute atomic E-state index is 0.169. The maximum absolute atomic E-state index is 5.91. The molecule has 100 valence electrons. The maximum atomic E-state index is 5.91. The van der Waals surface area contributed by atoms with Gasteiger partial charge in [-0.1, -0.05) is 6.92 Å². The molecule has 2 fully saturated rings. The first kappa shape index (κ1) is 12.6. The number of morpholine rings is 1. The first-order chi connectivity index (χ1) is 8.83. The van der Waals surface area contributed by atoms with Crippen LogP contribution in [-0.2, 0) is 11.2 Å². The second kappa shape index (κ2) is 5.29. The number of nitrogens with zero attached hydrogens (tertiary/aromatic N) is 1. The van der Waals surface area contributed by atoms with Gasteiger partial charge in [0, 0.05) is 28.9 Å².